The van der Waals surface area contributed by atoms with Crippen LogP contribution in [0.5, 0.6) is 0 Å². The first-order chi connectivity index (χ1) is 20.7. The van der Waals surface area contributed by atoms with Crippen molar-refractivity contribution in [3.63, 3.8) is 0 Å². The van der Waals surface area contributed by atoms with Crippen LogP contribution in [0.2, 0.25) is 0 Å². The Labute approximate surface area is 270 Å². The van der Waals surface area contributed by atoms with Gasteiger partial charge in [0.1, 0.15) is 30.2 Å². The molecule has 5 rings (SSSR count). The summed E-state index contributed by atoms with van der Waals surface area (Å²) in [5, 5.41) is 63.2. The number of hydrogen-bond donors (Lipinski definition) is 6. The number of aliphatic hydroxyl groups is 6. The standard InChI is InChI=1S/C36H62O9/c1-31(2,43)13-9-14-36(8,45-30-29(42)28(41)27(40)22(19-37)44-30)20-10-16-35(7)26(20)21(38)18-24-33(5)15-12-25(39)32(3,4)23(33)11-17-34(24,35)6/h20,22-30,37,39-43H,9-19H2,1-8H3/t20?,22?,23?,24?,25-,26?,27+,28?,29?,30-,33-,34+,35+,36?/m0/s1. The van der Waals surface area contributed by atoms with E-state index in [1.807, 2.05) is 6.92 Å². The number of fused-ring (bicyclic) bond motifs is 5. The van der Waals surface area contributed by atoms with Crippen LogP contribution in [0.25, 0.3) is 0 Å². The number of Topliss-reactive ketones (excluding diaryl/α,β-unsaturated/α-hetero) is 1. The predicted molar refractivity (Wildman–Crippen MR) is 169 cm³/mol. The maximum Gasteiger partial charge on any atom is 0.187 e. The molecule has 0 radical (unpaired) electrons. The van der Waals surface area contributed by atoms with E-state index in [4.69, 9.17) is 9.47 Å². The van der Waals surface area contributed by atoms with Crippen molar-refractivity contribution >= 4 is 5.78 Å². The topological polar surface area (TPSA) is 157 Å². The highest BCUT2D eigenvalue weighted by Crippen LogP contribution is 2.75. The van der Waals surface area contributed by atoms with Crippen molar-refractivity contribution in [3.05, 3.63) is 0 Å². The summed E-state index contributed by atoms with van der Waals surface area (Å²) in [6, 6.07) is 0. The van der Waals surface area contributed by atoms with Gasteiger partial charge in [0.25, 0.3) is 0 Å². The fraction of sp³-hybridized carbons (Fsp3) is 0.972. The third-order valence-electron chi connectivity index (χ3n) is 14.6. The number of carbonyl (C=O) groups is 1. The quantitative estimate of drug-likeness (QED) is 0.233. The van der Waals surface area contributed by atoms with Gasteiger partial charge in [-0.05, 0) is 118 Å². The van der Waals surface area contributed by atoms with Gasteiger partial charge in [0.15, 0.2) is 6.29 Å². The fourth-order valence-corrected chi connectivity index (χ4v) is 11.7. The summed E-state index contributed by atoms with van der Waals surface area (Å²) in [7, 11) is 0. The zero-order valence-corrected chi connectivity index (χ0v) is 29.0. The van der Waals surface area contributed by atoms with Gasteiger partial charge in [-0.15, -0.1) is 0 Å². The Morgan fingerprint density at radius 3 is 2.11 bits per heavy atom. The maximum absolute atomic E-state index is 14.6. The summed E-state index contributed by atoms with van der Waals surface area (Å²) in [5.74, 6) is 0.379. The number of hydrogen-bond acceptors (Lipinski definition) is 9. The smallest absolute Gasteiger partial charge is 0.187 e. The van der Waals surface area contributed by atoms with E-state index in [9.17, 15) is 35.4 Å². The van der Waals surface area contributed by atoms with Crippen molar-refractivity contribution in [2.75, 3.05) is 6.61 Å². The van der Waals surface area contributed by atoms with Crippen molar-refractivity contribution < 1.29 is 44.9 Å². The van der Waals surface area contributed by atoms with Gasteiger partial charge >= 0.3 is 0 Å². The lowest BCUT2D eigenvalue weighted by atomic mass is 9.35. The van der Waals surface area contributed by atoms with Crippen LogP contribution in [-0.4, -0.2) is 91.0 Å². The number of ether oxygens (including phenoxy) is 2. The SMILES string of the molecule is CC(C)(O)CCCC(C)(O[C@@H]1OC(CO)[C@@H](O)C(O)C1O)C1CC[C@]2(C)C1C(=O)CC1[C@@]3(C)CC[C@H](O)C(C)(C)C3CC[C@]12C. The molecule has 9 heteroatoms. The fourth-order valence-electron chi connectivity index (χ4n) is 11.7. The molecular weight excluding hydrogens is 576 g/mol. The lowest BCUT2D eigenvalue weighted by Gasteiger charge is -2.69. The average molecular weight is 639 g/mol. The minimum absolute atomic E-state index is 0.0414. The second-order valence-corrected chi connectivity index (χ2v) is 17.9. The lowest BCUT2D eigenvalue weighted by molar-refractivity contribution is -0.333. The summed E-state index contributed by atoms with van der Waals surface area (Å²) in [6.45, 7) is 16.5. The van der Waals surface area contributed by atoms with Gasteiger partial charge in [-0.25, -0.2) is 0 Å². The molecule has 0 amide bonds. The molecule has 5 aliphatic rings. The van der Waals surface area contributed by atoms with Gasteiger partial charge in [-0.1, -0.05) is 34.6 Å². The third kappa shape index (κ3) is 5.57. The minimum atomic E-state index is -1.56. The van der Waals surface area contributed by atoms with E-state index in [2.05, 4.69) is 34.6 Å². The molecule has 0 bridgehead atoms. The van der Waals surface area contributed by atoms with Gasteiger partial charge in [0.05, 0.1) is 23.9 Å². The van der Waals surface area contributed by atoms with Crippen molar-refractivity contribution in [1.29, 1.82) is 0 Å². The number of rotatable bonds is 8. The lowest BCUT2D eigenvalue weighted by Crippen LogP contribution is -2.66. The van der Waals surface area contributed by atoms with Crippen molar-refractivity contribution in [3.8, 4) is 0 Å². The summed E-state index contributed by atoms with van der Waals surface area (Å²) < 4.78 is 12.5. The van der Waals surface area contributed by atoms with E-state index in [0.717, 1.165) is 38.5 Å². The third-order valence-corrected chi connectivity index (χ3v) is 14.6. The molecule has 4 aliphatic carbocycles. The molecule has 0 aromatic carbocycles. The second-order valence-electron chi connectivity index (χ2n) is 17.9. The van der Waals surface area contributed by atoms with Gasteiger partial charge in [0.2, 0.25) is 0 Å². The Balaban J connectivity index is 1.48. The Bertz CT molecular complexity index is 1100. The first-order valence-corrected chi connectivity index (χ1v) is 17.6. The molecule has 5 fully saturated rings. The van der Waals surface area contributed by atoms with E-state index in [0.29, 0.717) is 31.6 Å². The van der Waals surface area contributed by atoms with Gasteiger partial charge < -0.3 is 40.1 Å². The zero-order valence-electron chi connectivity index (χ0n) is 29.0. The van der Waals surface area contributed by atoms with Crippen molar-refractivity contribution in [2.45, 2.75) is 168 Å². The normalized spacial score (nSPS) is 49.5. The van der Waals surface area contributed by atoms with Crippen molar-refractivity contribution in [1.82, 2.24) is 0 Å². The van der Waals surface area contributed by atoms with Crippen LogP contribution in [0.4, 0.5) is 0 Å². The Hall–Kier alpha value is -0.650. The molecule has 6 N–H and O–H groups in total. The predicted octanol–water partition coefficient (Wildman–Crippen LogP) is 3.73. The van der Waals surface area contributed by atoms with Crippen LogP contribution in [0.1, 0.15) is 120 Å². The summed E-state index contributed by atoms with van der Waals surface area (Å²) in [6.07, 6.45) is 0.190. The molecule has 9 nitrogen and oxygen atoms in total. The van der Waals surface area contributed by atoms with Crippen LogP contribution in [0, 0.1) is 45.3 Å². The molecule has 0 aromatic heterocycles. The molecule has 45 heavy (non-hydrogen) atoms. The molecular formula is C36H62O9. The van der Waals surface area contributed by atoms with Crippen LogP contribution in [0.15, 0.2) is 0 Å². The molecule has 14 atom stereocenters. The molecule has 1 aliphatic heterocycles. The van der Waals surface area contributed by atoms with Crippen LogP contribution in [-0.2, 0) is 14.3 Å². The van der Waals surface area contributed by atoms with E-state index in [1.165, 1.54) is 0 Å². The summed E-state index contributed by atoms with van der Waals surface area (Å²) in [5.41, 5.74) is -2.43. The van der Waals surface area contributed by atoms with Crippen LogP contribution < -0.4 is 0 Å². The number of ketones is 1. The van der Waals surface area contributed by atoms with E-state index in [1.54, 1.807) is 13.8 Å². The molecule has 260 valence electrons. The van der Waals surface area contributed by atoms with Gasteiger partial charge in [-0.3, -0.25) is 4.79 Å². The van der Waals surface area contributed by atoms with E-state index in [-0.39, 0.29) is 51.3 Å². The highest BCUT2D eigenvalue weighted by molar-refractivity contribution is 5.84. The van der Waals surface area contributed by atoms with E-state index >= 15 is 0 Å². The monoisotopic (exact) mass is 638 g/mol. The minimum Gasteiger partial charge on any atom is -0.394 e. The van der Waals surface area contributed by atoms with Gasteiger partial charge in [-0.2, -0.15) is 0 Å². The number of carbonyl (C=O) groups excluding carboxylic acids is 1. The summed E-state index contributed by atoms with van der Waals surface area (Å²) in [4.78, 5) is 14.6. The first-order valence-electron chi connectivity index (χ1n) is 17.6. The molecule has 0 spiro atoms. The molecule has 0 aromatic rings. The first kappa shape index (κ1) is 35.7. The Morgan fingerprint density at radius 2 is 1.49 bits per heavy atom. The largest absolute Gasteiger partial charge is 0.394 e. The number of aliphatic hydroxyl groups excluding tert-OH is 5. The molecule has 1 heterocycles. The molecule has 4 saturated carbocycles. The maximum atomic E-state index is 14.6. The second kappa shape index (κ2) is 11.7. The highest BCUT2D eigenvalue weighted by Gasteiger charge is 2.72. The Kier molecular flexibility index (Phi) is 9.31. The molecule has 8 unspecified atom stereocenters. The highest BCUT2D eigenvalue weighted by atomic mass is 16.7. The van der Waals surface area contributed by atoms with Crippen LogP contribution >= 0.6 is 0 Å². The van der Waals surface area contributed by atoms with Crippen molar-refractivity contribution in [2.24, 2.45) is 45.3 Å². The van der Waals surface area contributed by atoms with Crippen LogP contribution in [0.3, 0.4) is 0 Å². The average Bonchev–Trinajstić information content (AvgIpc) is 3.32. The zero-order chi connectivity index (χ0) is 33.5. The van der Waals surface area contributed by atoms with E-state index < -0.39 is 48.5 Å². The summed E-state index contributed by atoms with van der Waals surface area (Å²) >= 11 is 0. The molecule has 1 saturated heterocycles. The Morgan fingerprint density at radius 1 is 0.844 bits per heavy atom. The van der Waals surface area contributed by atoms with Gasteiger partial charge in [0, 0.05) is 12.3 Å².